The van der Waals surface area contributed by atoms with Crippen molar-refractivity contribution in [2.24, 2.45) is 11.8 Å². The molecule has 5 rings (SSSR count). The number of carbonyl (C=O) groups excluding carboxylic acids is 3. The number of hydrogen-bond donors (Lipinski definition) is 1. The molecule has 42 heavy (non-hydrogen) atoms. The molecular weight excluding hydrogens is 530 g/mol. The number of likely N-dealkylation sites (tertiary alicyclic amines) is 1. The van der Waals surface area contributed by atoms with Crippen molar-refractivity contribution in [3.63, 3.8) is 0 Å². The van der Waals surface area contributed by atoms with Gasteiger partial charge in [0.25, 0.3) is 0 Å². The Morgan fingerprint density at radius 3 is 2.05 bits per heavy atom. The van der Waals surface area contributed by atoms with Crippen LogP contribution < -0.4 is 0 Å². The van der Waals surface area contributed by atoms with Gasteiger partial charge >= 0.3 is 0 Å². The van der Waals surface area contributed by atoms with Crippen molar-refractivity contribution in [3.8, 4) is 0 Å². The van der Waals surface area contributed by atoms with Gasteiger partial charge < -0.3 is 24.5 Å². The minimum absolute atomic E-state index is 0.166. The van der Waals surface area contributed by atoms with Crippen molar-refractivity contribution in [1.82, 2.24) is 14.7 Å². The van der Waals surface area contributed by atoms with E-state index in [9.17, 15) is 19.5 Å². The van der Waals surface area contributed by atoms with Crippen molar-refractivity contribution in [2.45, 2.75) is 63.1 Å². The van der Waals surface area contributed by atoms with Gasteiger partial charge in [-0.2, -0.15) is 0 Å². The monoisotopic (exact) mass is 571 g/mol. The van der Waals surface area contributed by atoms with Gasteiger partial charge in [-0.3, -0.25) is 14.4 Å². The van der Waals surface area contributed by atoms with Crippen molar-refractivity contribution < 1.29 is 24.2 Å². The van der Waals surface area contributed by atoms with E-state index in [4.69, 9.17) is 4.74 Å². The lowest BCUT2D eigenvalue weighted by Crippen LogP contribution is -2.58. The fourth-order valence-corrected chi connectivity index (χ4v) is 7.23. The van der Waals surface area contributed by atoms with Crippen LogP contribution in [0.2, 0.25) is 0 Å². The maximum absolute atomic E-state index is 14.5. The number of carbonyl (C=O) groups is 3. The second-order valence-electron chi connectivity index (χ2n) is 11.5. The Morgan fingerprint density at radius 2 is 1.55 bits per heavy atom. The molecule has 1 spiro atoms. The second-order valence-corrected chi connectivity index (χ2v) is 11.5. The number of hydrogen-bond acceptors (Lipinski definition) is 5. The SMILES string of the molecule is C=CCN(Cc1ccccc1)C(=O)C1N([C@@H](CC)CO)C(=O)[C@@H]2[C@H](C(=O)N(CC=C)Cc3ccccc3)[C@@H]3CCC12O3. The zero-order chi connectivity index (χ0) is 29.9. The first-order valence-electron chi connectivity index (χ1n) is 14.9. The fraction of sp³-hybridized carbons (Fsp3) is 0.441. The molecule has 2 unspecified atom stereocenters. The highest BCUT2D eigenvalue weighted by Gasteiger charge is 2.75. The highest BCUT2D eigenvalue weighted by Crippen LogP contribution is 2.59. The van der Waals surface area contributed by atoms with Gasteiger partial charge in [0.2, 0.25) is 17.7 Å². The van der Waals surface area contributed by atoms with E-state index in [-0.39, 0.29) is 24.3 Å². The van der Waals surface area contributed by atoms with Gasteiger partial charge in [-0.15, -0.1) is 13.2 Å². The first-order valence-corrected chi connectivity index (χ1v) is 14.9. The maximum atomic E-state index is 14.5. The van der Waals surface area contributed by atoms with Crippen molar-refractivity contribution >= 4 is 17.7 Å². The summed E-state index contributed by atoms with van der Waals surface area (Å²) in [6.07, 6.45) is 4.46. The lowest BCUT2D eigenvalue weighted by atomic mass is 9.70. The molecule has 3 saturated heterocycles. The van der Waals surface area contributed by atoms with Crippen LogP contribution in [0.3, 0.4) is 0 Å². The van der Waals surface area contributed by atoms with Crippen LogP contribution in [0.4, 0.5) is 0 Å². The van der Waals surface area contributed by atoms with Gasteiger partial charge in [-0.25, -0.2) is 0 Å². The Labute approximate surface area is 248 Å². The van der Waals surface area contributed by atoms with Crippen LogP contribution in [-0.2, 0) is 32.2 Å². The Balaban J connectivity index is 1.52. The molecule has 2 aromatic carbocycles. The third-order valence-electron chi connectivity index (χ3n) is 9.09. The predicted octanol–water partition coefficient (Wildman–Crippen LogP) is 3.56. The number of nitrogens with zero attached hydrogens (tertiary/aromatic N) is 3. The summed E-state index contributed by atoms with van der Waals surface area (Å²) in [7, 11) is 0. The van der Waals surface area contributed by atoms with Gasteiger partial charge in [0.15, 0.2) is 0 Å². The first kappa shape index (κ1) is 29.7. The summed E-state index contributed by atoms with van der Waals surface area (Å²) in [4.78, 5) is 48.1. The second kappa shape index (κ2) is 12.6. The Bertz CT molecular complexity index is 1300. The standard InChI is InChI=1S/C34H41N3O5/c1-4-19-35(21-24-13-9-7-10-14-24)31(39)28-27-17-18-34(42-27)29(28)32(40)37(26(6-3)23-38)30(34)33(41)36(20-5-2)22-25-15-11-8-12-16-25/h4-5,7-16,26-30,38H,1-2,6,17-23H2,3H3/t26-,27-,28+,29-,30?,34?/m0/s1. The van der Waals surface area contributed by atoms with Crippen LogP contribution in [0.5, 0.6) is 0 Å². The summed E-state index contributed by atoms with van der Waals surface area (Å²) < 4.78 is 6.66. The van der Waals surface area contributed by atoms with Gasteiger partial charge in [-0.05, 0) is 30.4 Å². The third-order valence-corrected chi connectivity index (χ3v) is 9.09. The molecule has 2 bridgehead atoms. The number of aliphatic hydroxyl groups is 1. The zero-order valence-electron chi connectivity index (χ0n) is 24.3. The molecule has 3 heterocycles. The Kier molecular flexibility index (Phi) is 8.94. The summed E-state index contributed by atoms with van der Waals surface area (Å²) in [6, 6.07) is 17.9. The number of fused-ring (bicyclic) bond motifs is 1. The Morgan fingerprint density at radius 1 is 1.00 bits per heavy atom. The van der Waals surface area contributed by atoms with E-state index in [1.807, 2.05) is 67.6 Å². The van der Waals surface area contributed by atoms with E-state index in [1.54, 1.807) is 26.9 Å². The number of benzene rings is 2. The normalized spacial score (nSPS) is 26.5. The summed E-state index contributed by atoms with van der Waals surface area (Å²) in [5, 5.41) is 10.3. The summed E-state index contributed by atoms with van der Waals surface area (Å²) >= 11 is 0. The molecule has 222 valence electrons. The van der Waals surface area contributed by atoms with Crippen LogP contribution in [0.1, 0.15) is 37.3 Å². The topological polar surface area (TPSA) is 90.4 Å². The van der Waals surface area contributed by atoms with Crippen molar-refractivity contribution in [3.05, 3.63) is 97.1 Å². The number of ether oxygens (including phenoxy) is 1. The average molecular weight is 572 g/mol. The van der Waals surface area contributed by atoms with Crippen molar-refractivity contribution in [2.75, 3.05) is 19.7 Å². The maximum Gasteiger partial charge on any atom is 0.249 e. The molecule has 0 radical (unpaired) electrons. The van der Waals surface area contributed by atoms with Crippen LogP contribution in [0, 0.1) is 11.8 Å². The van der Waals surface area contributed by atoms with E-state index < -0.39 is 35.6 Å². The largest absolute Gasteiger partial charge is 0.394 e. The lowest BCUT2D eigenvalue weighted by molar-refractivity contribution is -0.152. The van der Waals surface area contributed by atoms with Gasteiger partial charge in [0.1, 0.15) is 11.6 Å². The molecule has 3 aliphatic rings. The molecule has 2 aromatic rings. The molecule has 0 aromatic heterocycles. The molecule has 1 N–H and O–H groups in total. The van der Waals surface area contributed by atoms with Gasteiger partial charge in [-0.1, -0.05) is 79.7 Å². The summed E-state index contributed by atoms with van der Waals surface area (Å²) in [6.45, 7) is 10.7. The van der Waals surface area contributed by atoms with Crippen LogP contribution in [0.25, 0.3) is 0 Å². The van der Waals surface area contributed by atoms with E-state index in [0.29, 0.717) is 45.4 Å². The highest BCUT2D eigenvalue weighted by atomic mass is 16.5. The minimum atomic E-state index is -1.13. The Hall–Kier alpha value is -3.75. The molecule has 3 aliphatic heterocycles. The predicted molar refractivity (Wildman–Crippen MR) is 160 cm³/mol. The number of aliphatic hydroxyl groups excluding tert-OH is 1. The number of amides is 3. The first-order chi connectivity index (χ1) is 20.4. The fourth-order valence-electron chi connectivity index (χ4n) is 7.23. The van der Waals surface area contributed by atoms with E-state index in [1.165, 1.54) is 0 Å². The number of rotatable bonds is 13. The smallest absolute Gasteiger partial charge is 0.249 e. The molecule has 8 nitrogen and oxygen atoms in total. The molecule has 8 heteroatoms. The van der Waals surface area contributed by atoms with Crippen LogP contribution in [0.15, 0.2) is 86.0 Å². The van der Waals surface area contributed by atoms with E-state index in [2.05, 4.69) is 13.2 Å². The molecule has 6 atom stereocenters. The molecule has 3 fully saturated rings. The summed E-state index contributed by atoms with van der Waals surface area (Å²) in [5.74, 6) is -2.22. The van der Waals surface area contributed by atoms with E-state index in [0.717, 1.165) is 11.1 Å². The van der Waals surface area contributed by atoms with Crippen molar-refractivity contribution in [1.29, 1.82) is 0 Å². The highest BCUT2D eigenvalue weighted by molar-refractivity contribution is 5.99. The van der Waals surface area contributed by atoms with Crippen LogP contribution in [-0.4, -0.2) is 81.0 Å². The quantitative estimate of drug-likeness (QED) is 0.372. The third kappa shape index (κ3) is 5.18. The zero-order valence-corrected chi connectivity index (χ0v) is 24.3. The summed E-state index contributed by atoms with van der Waals surface area (Å²) in [5.41, 5.74) is 0.800. The van der Waals surface area contributed by atoms with Gasteiger partial charge in [0, 0.05) is 26.2 Å². The molecule has 0 aliphatic carbocycles. The minimum Gasteiger partial charge on any atom is -0.394 e. The van der Waals surface area contributed by atoms with Gasteiger partial charge in [0.05, 0.1) is 30.6 Å². The van der Waals surface area contributed by atoms with E-state index >= 15 is 0 Å². The van der Waals surface area contributed by atoms with Crippen LogP contribution >= 0.6 is 0 Å². The molecule has 0 saturated carbocycles. The lowest BCUT2D eigenvalue weighted by Gasteiger charge is -2.39. The molecule has 3 amide bonds. The molecular formula is C34H41N3O5. The average Bonchev–Trinajstić information content (AvgIpc) is 3.65.